The number of rotatable bonds is 2. The molecule has 26 heavy (non-hydrogen) atoms. The first-order chi connectivity index (χ1) is 12.7. The molecule has 3 aromatic carbocycles. The Hall–Kier alpha value is -2.72. The first kappa shape index (κ1) is 15.5. The van der Waals surface area contributed by atoms with Crippen LogP contribution in [-0.4, -0.2) is 11.7 Å². The van der Waals surface area contributed by atoms with Gasteiger partial charge in [-0.1, -0.05) is 36.4 Å². The summed E-state index contributed by atoms with van der Waals surface area (Å²) in [4.78, 5) is 0. The van der Waals surface area contributed by atoms with Crippen LogP contribution in [0.15, 0.2) is 54.6 Å². The molecule has 132 valence electrons. The van der Waals surface area contributed by atoms with Gasteiger partial charge in [-0.2, -0.15) is 0 Å². The number of benzene rings is 3. The highest BCUT2D eigenvalue weighted by atomic mass is 16.7. The van der Waals surface area contributed by atoms with Gasteiger partial charge in [0.05, 0.1) is 11.5 Å². The maximum Gasteiger partial charge on any atom is 0.278 e. The van der Waals surface area contributed by atoms with E-state index in [0.29, 0.717) is 13.0 Å². The van der Waals surface area contributed by atoms with Crippen molar-refractivity contribution in [3.8, 4) is 17.2 Å². The third-order valence-electron chi connectivity index (χ3n) is 5.30. The lowest BCUT2D eigenvalue weighted by Gasteiger charge is -2.44. The van der Waals surface area contributed by atoms with E-state index in [0.717, 1.165) is 39.8 Å². The number of phenols is 1. The van der Waals surface area contributed by atoms with Crippen molar-refractivity contribution in [2.24, 2.45) is 0 Å². The largest absolute Gasteiger partial charge is 0.508 e. The first-order valence-electron chi connectivity index (χ1n) is 9.05. The molecule has 0 unspecified atom stereocenters. The molecule has 1 aliphatic heterocycles. The predicted molar refractivity (Wildman–Crippen MR) is 98.6 cm³/mol. The summed E-state index contributed by atoms with van der Waals surface area (Å²) in [5.74, 6) is 0.913. The molecule has 1 heterocycles. The molecule has 0 fully saturated rings. The maximum absolute atomic E-state index is 10.5. The van der Waals surface area contributed by atoms with Gasteiger partial charge in [0.25, 0.3) is 5.79 Å². The van der Waals surface area contributed by atoms with Gasteiger partial charge in [-0.05, 0) is 36.9 Å². The molecule has 1 atom stereocenters. The van der Waals surface area contributed by atoms with E-state index in [1.165, 1.54) is 0 Å². The number of fused-ring (bicyclic) bond motifs is 2. The minimum absolute atomic E-state index is 0.151. The van der Waals surface area contributed by atoms with Crippen LogP contribution in [0.5, 0.6) is 17.2 Å². The third-order valence-corrected chi connectivity index (χ3v) is 5.30. The summed E-state index contributed by atoms with van der Waals surface area (Å²) < 4.78 is 18.8. The molecule has 4 heteroatoms. The summed E-state index contributed by atoms with van der Waals surface area (Å²) in [6.45, 7) is 2.56. The normalized spacial score (nSPS) is 19.7. The summed E-state index contributed by atoms with van der Waals surface area (Å²) in [6, 6.07) is 17.6. The Morgan fingerprint density at radius 3 is 2.42 bits per heavy atom. The summed E-state index contributed by atoms with van der Waals surface area (Å²) in [5.41, 5.74) is 1.61. The van der Waals surface area contributed by atoms with Crippen LogP contribution in [0, 0.1) is 0 Å². The molecular formula is C22H20O4. The van der Waals surface area contributed by atoms with E-state index < -0.39 is 5.79 Å². The Kier molecular flexibility index (Phi) is 3.37. The predicted octanol–water partition coefficient (Wildman–Crippen LogP) is 5.04. The number of hydrogen-bond donors (Lipinski definition) is 1. The highest BCUT2D eigenvalue weighted by molar-refractivity contribution is 5.94. The van der Waals surface area contributed by atoms with Gasteiger partial charge in [0.1, 0.15) is 17.2 Å². The van der Waals surface area contributed by atoms with Crippen molar-refractivity contribution in [1.29, 1.82) is 0 Å². The highest BCUT2D eigenvalue weighted by Gasteiger charge is 2.48. The van der Waals surface area contributed by atoms with E-state index in [2.05, 4.69) is 12.1 Å². The van der Waals surface area contributed by atoms with Gasteiger partial charge in [0, 0.05) is 24.2 Å². The summed E-state index contributed by atoms with van der Waals surface area (Å²) in [7, 11) is 0. The van der Waals surface area contributed by atoms with Crippen molar-refractivity contribution in [2.45, 2.75) is 31.7 Å². The number of ether oxygens (including phenoxy) is 3. The molecule has 3 aromatic rings. The summed E-state index contributed by atoms with van der Waals surface area (Å²) >= 11 is 0. The van der Waals surface area contributed by atoms with E-state index in [9.17, 15) is 5.11 Å². The van der Waals surface area contributed by atoms with E-state index >= 15 is 0 Å². The number of aromatic hydroxyl groups is 1. The summed E-state index contributed by atoms with van der Waals surface area (Å²) in [5, 5.41) is 12.6. The zero-order valence-corrected chi connectivity index (χ0v) is 14.6. The molecule has 0 saturated carbocycles. The van der Waals surface area contributed by atoms with Crippen molar-refractivity contribution < 1.29 is 19.3 Å². The van der Waals surface area contributed by atoms with E-state index in [1.54, 1.807) is 6.07 Å². The first-order valence-corrected chi connectivity index (χ1v) is 9.05. The lowest BCUT2D eigenvalue weighted by molar-refractivity contribution is -0.150. The average Bonchev–Trinajstić information content (AvgIpc) is 2.65. The lowest BCUT2D eigenvalue weighted by atomic mass is 9.83. The second kappa shape index (κ2) is 5.64. The molecule has 0 saturated heterocycles. The molecule has 0 amide bonds. The van der Waals surface area contributed by atoms with Gasteiger partial charge < -0.3 is 19.3 Å². The van der Waals surface area contributed by atoms with Crippen LogP contribution in [-0.2, 0) is 10.5 Å². The van der Waals surface area contributed by atoms with E-state index in [-0.39, 0.29) is 11.9 Å². The fourth-order valence-electron chi connectivity index (χ4n) is 4.22. The van der Waals surface area contributed by atoms with Crippen LogP contribution >= 0.6 is 0 Å². The molecule has 1 N–H and O–H groups in total. The van der Waals surface area contributed by atoms with Gasteiger partial charge in [0.2, 0.25) is 0 Å². The Balaban J connectivity index is 1.69. The second-order valence-electron chi connectivity index (χ2n) is 6.79. The van der Waals surface area contributed by atoms with Gasteiger partial charge in [-0.3, -0.25) is 0 Å². The molecule has 4 nitrogen and oxygen atoms in total. The minimum atomic E-state index is -0.940. The van der Waals surface area contributed by atoms with Crippen LogP contribution < -0.4 is 9.47 Å². The second-order valence-corrected chi connectivity index (χ2v) is 6.79. The van der Waals surface area contributed by atoms with Crippen LogP contribution in [0.3, 0.4) is 0 Å². The van der Waals surface area contributed by atoms with Crippen molar-refractivity contribution in [3.63, 3.8) is 0 Å². The monoisotopic (exact) mass is 348 g/mol. The topological polar surface area (TPSA) is 47.9 Å². The molecule has 0 aromatic heterocycles. The highest BCUT2D eigenvalue weighted by Crippen LogP contribution is 2.52. The maximum atomic E-state index is 10.5. The molecule has 1 aliphatic carbocycles. The van der Waals surface area contributed by atoms with Crippen LogP contribution in [0.4, 0.5) is 0 Å². The molecule has 1 spiro atoms. The fraction of sp³-hybridized carbons (Fsp3) is 0.273. The quantitative estimate of drug-likeness (QED) is 0.705. The van der Waals surface area contributed by atoms with Crippen LogP contribution in [0.25, 0.3) is 10.8 Å². The standard InChI is InChI=1S/C22H20O4/c1-2-24-17-12-13-22(15-8-5-9-16(23)21(15)17)25-18-10-3-6-14-7-4-11-19(26-22)20(14)18/h3-11,17,23H,2,12-13H2,1H3/t17-/m0/s1. The zero-order chi connectivity index (χ0) is 17.7. The van der Waals surface area contributed by atoms with Gasteiger partial charge in [-0.15, -0.1) is 0 Å². The Morgan fingerprint density at radius 2 is 1.73 bits per heavy atom. The number of phenolic OH excluding ortho intramolecular Hbond substituents is 1. The molecule has 0 radical (unpaired) electrons. The summed E-state index contributed by atoms with van der Waals surface area (Å²) in [6.07, 6.45) is 1.22. The van der Waals surface area contributed by atoms with E-state index in [4.69, 9.17) is 14.2 Å². The zero-order valence-electron chi connectivity index (χ0n) is 14.6. The van der Waals surface area contributed by atoms with Gasteiger partial charge >= 0.3 is 0 Å². The average molecular weight is 348 g/mol. The molecular weight excluding hydrogens is 328 g/mol. The van der Waals surface area contributed by atoms with E-state index in [1.807, 2.05) is 43.3 Å². The minimum Gasteiger partial charge on any atom is -0.508 e. The van der Waals surface area contributed by atoms with Crippen molar-refractivity contribution in [3.05, 3.63) is 65.7 Å². The Morgan fingerprint density at radius 1 is 1.04 bits per heavy atom. The molecule has 2 aliphatic rings. The number of hydrogen-bond acceptors (Lipinski definition) is 4. The Bertz CT molecular complexity index is 954. The SMILES string of the molecule is CCO[C@H]1CCC2(Oc3cccc4cccc(c34)O2)c2cccc(O)c21. The van der Waals surface area contributed by atoms with Crippen molar-refractivity contribution in [1.82, 2.24) is 0 Å². The molecule has 0 bridgehead atoms. The van der Waals surface area contributed by atoms with Crippen molar-refractivity contribution >= 4 is 10.8 Å². The fourth-order valence-corrected chi connectivity index (χ4v) is 4.22. The Labute approximate surface area is 151 Å². The smallest absolute Gasteiger partial charge is 0.278 e. The molecule has 5 rings (SSSR count). The van der Waals surface area contributed by atoms with Crippen LogP contribution in [0.2, 0.25) is 0 Å². The van der Waals surface area contributed by atoms with Crippen LogP contribution in [0.1, 0.15) is 37.0 Å². The van der Waals surface area contributed by atoms with Crippen molar-refractivity contribution in [2.75, 3.05) is 6.61 Å². The van der Waals surface area contributed by atoms with Gasteiger partial charge in [-0.25, -0.2) is 0 Å². The lowest BCUT2D eigenvalue weighted by Crippen LogP contribution is -2.45. The third kappa shape index (κ3) is 2.12. The van der Waals surface area contributed by atoms with Gasteiger partial charge in [0.15, 0.2) is 0 Å².